The van der Waals surface area contributed by atoms with Crippen LogP contribution in [-0.2, 0) is 4.84 Å². The van der Waals surface area contributed by atoms with E-state index in [0.717, 1.165) is 22.5 Å². The number of rotatable bonds is 4. The zero-order valence-electron chi connectivity index (χ0n) is 16.0. The summed E-state index contributed by atoms with van der Waals surface area (Å²) < 4.78 is 0. The lowest BCUT2D eigenvalue weighted by molar-refractivity contribution is -0.0580. The van der Waals surface area contributed by atoms with Crippen molar-refractivity contribution >= 4 is 29.1 Å². The van der Waals surface area contributed by atoms with Crippen molar-refractivity contribution in [3.8, 4) is 21.8 Å². The SMILES string of the molecule is O=C(ON1C(=O)c2ccccc2C1=O)c1sc(-c2ccccc2)nc1-c1ccccc1. The van der Waals surface area contributed by atoms with Gasteiger partial charge in [-0.1, -0.05) is 77.9 Å². The minimum atomic E-state index is -0.812. The molecule has 0 N–H and O–H groups in total. The summed E-state index contributed by atoms with van der Waals surface area (Å²) >= 11 is 1.15. The van der Waals surface area contributed by atoms with Crippen LogP contribution in [0.4, 0.5) is 0 Å². The third-order valence-electron chi connectivity index (χ3n) is 4.81. The second-order valence-corrected chi connectivity index (χ2v) is 7.76. The Bertz CT molecular complexity index is 1280. The van der Waals surface area contributed by atoms with Crippen LogP contribution in [0.2, 0.25) is 0 Å². The number of hydrogen-bond donors (Lipinski definition) is 0. The Morgan fingerprint density at radius 2 is 1.26 bits per heavy atom. The van der Waals surface area contributed by atoms with Crippen molar-refractivity contribution in [2.24, 2.45) is 0 Å². The molecule has 1 aliphatic heterocycles. The van der Waals surface area contributed by atoms with Gasteiger partial charge in [0, 0.05) is 11.1 Å². The zero-order chi connectivity index (χ0) is 21.4. The lowest BCUT2D eigenvalue weighted by Crippen LogP contribution is -2.32. The van der Waals surface area contributed by atoms with Crippen LogP contribution in [0.3, 0.4) is 0 Å². The number of hydroxylamine groups is 2. The number of thiazole rings is 1. The van der Waals surface area contributed by atoms with E-state index < -0.39 is 17.8 Å². The van der Waals surface area contributed by atoms with Crippen molar-refractivity contribution in [1.82, 2.24) is 10.0 Å². The maximum absolute atomic E-state index is 13.1. The Labute approximate surface area is 181 Å². The first-order valence-corrected chi connectivity index (χ1v) is 10.3. The standard InChI is InChI=1S/C24H14N2O4S/c27-22-17-13-7-8-14-18(17)23(28)26(22)30-24(29)20-19(15-9-3-1-4-10-15)25-21(31-20)16-11-5-2-6-12-16/h1-14H. The van der Waals surface area contributed by atoms with E-state index in [9.17, 15) is 14.4 Å². The van der Waals surface area contributed by atoms with Gasteiger partial charge in [-0.3, -0.25) is 9.59 Å². The molecule has 4 aromatic rings. The molecule has 5 rings (SSSR count). The van der Waals surface area contributed by atoms with Gasteiger partial charge in [0.25, 0.3) is 11.8 Å². The van der Waals surface area contributed by atoms with Gasteiger partial charge >= 0.3 is 5.97 Å². The number of fused-ring (bicyclic) bond motifs is 1. The van der Waals surface area contributed by atoms with Crippen LogP contribution in [-0.4, -0.2) is 27.8 Å². The molecule has 7 heteroatoms. The van der Waals surface area contributed by atoms with Gasteiger partial charge in [-0.05, 0) is 12.1 Å². The summed E-state index contributed by atoms with van der Waals surface area (Å²) in [4.78, 5) is 48.4. The highest BCUT2D eigenvalue weighted by molar-refractivity contribution is 7.17. The molecule has 2 heterocycles. The summed E-state index contributed by atoms with van der Waals surface area (Å²) in [7, 11) is 0. The van der Waals surface area contributed by atoms with Crippen LogP contribution in [0.5, 0.6) is 0 Å². The molecule has 0 atom stereocenters. The minimum Gasteiger partial charge on any atom is -0.323 e. The quantitative estimate of drug-likeness (QED) is 0.436. The number of imide groups is 1. The highest BCUT2D eigenvalue weighted by atomic mass is 32.1. The maximum Gasteiger partial charge on any atom is 0.376 e. The molecule has 0 radical (unpaired) electrons. The van der Waals surface area contributed by atoms with Crippen LogP contribution in [0, 0.1) is 0 Å². The molecule has 1 aromatic heterocycles. The molecule has 0 unspecified atom stereocenters. The number of benzene rings is 3. The van der Waals surface area contributed by atoms with Gasteiger partial charge in [-0.2, -0.15) is 0 Å². The van der Waals surface area contributed by atoms with Crippen LogP contribution in [0.25, 0.3) is 21.8 Å². The fourth-order valence-electron chi connectivity index (χ4n) is 3.33. The first-order valence-electron chi connectivity index (χ1n) is 9.45. The van der Waals surface area contributed by atoms with Crippen molar-refractivity contribution in [1.29, 1.82) is 0 Å². The van der Waals surface area contributed by atoms with E-state index in [1.807, 2.05) is 60.7 Å². The molecule has 0 fully saturated rings. The molecule has 3 aromatic carbocycles. The molecular formula is C24H14N2O4S. The Morgan fingerprint density at radius 3 is 1.84 bits per heavy atom. The Balaban J connectivity index is 1.52. The van der Waals surface area contributed by atoms with E-state index in [-0.39, 0.29) is 16.0 Å². The maximum atomic E-state index is 13.1. The fourth-order valence-corrected chi connectivity index (χ4v) is 4.29. The van der Waals surface area contributed by atoms with Gasteiger partial charge in [-0.25, -0.2) is 9.78 Å². The topological polar surface area (TPSA) is 76.6 Å². The first-order chi connectivity index (χ1) is 15.1. The predicted molar refractivity (Wildman–Crippen MR) is 115 cm³/mol. The monoisotopic (exact) mass is 426 g/mol. The van der Waals surface area contributed by atoms with Crippen molar-refractivity contribution in [2.75, 3.05) is 0 Å². The van der Waals surface area contributed by atoms with Crippen molar-refractivity contribution in [2.45, 2.75) is 0 Å². The van der Waals surface area contributed by atoms with E-state index in [1.54, 1.807) is 12.1 Å². The molecular weight excluding hydrogens is 412 g/mol. The lowest BCUT2D eigenvalue weighted by Gasteiger charge is -2.12. The largest absolute Gasteiger partial charge is 0.376 e. The highest BCUT2D eigenvalue weighted by Crippen LogP contribution is 2.35. The molecule has 0 saturated heterocycles. The van der Waals surface area contributed by atoms with E-state index >= 15 is 0 Å². The number of amides is 2. The summed E-state index contributed by atoms with van der Waals surface area (Å²) in [5, 5.41) is 1.15. The van der Waals surface area contributed by atoms with Crippen molar-refractivity contribution < 1.29 is 19.2 Å². The normalized spacial score (nSPS) is 12.7. The van der Waals surface area contributed by atoms with Gasteiger partial charge in [-0.15, -0.1) is 11.3 Å². The van der Waals surface area contributed by atoms with E-state index in [2.05, 4.69) is 4.98 Å². The van der Waals surface area contributed by atoms with E-state index in [4.69, 9.17) is 4.84 Å². The summed E-state index contributed by atoms with van der Waals surface area (Å²) in [6, 6.07) is 25.0. The third kappa shape index (κ3) is 3.31. The van der Waals surface area contributed by atoms with Gasteiger partial charge in [0.05, 0.1) is 16.8 Å². The van der Waals surface area contributed by atoms with Gasteiger partial charge in [0.15, 0.2) is 0 Å². The number of hydrogen-bond acceptors (Lipinski definition) is 6. The highest BCUT2D eigenvalue weighted by Gasteiger charge is 2.39. The summed E-state index contributed by atoms with van der Waals surface area (Å²) in [5.41, 5.74) is 2.43. The Kier molecular flexibility index (Phi) is 4.65. The first kappa shape index (κ1) is 18.9. The van der Waals surface area contributed by atoms with Crippen LogP contribution in [0.1, 0.15) is 30.4 Å². The third-order valence-corrected chi connectivity index (χ3v) is 5.90. The van der Waals surface area contributed by atoms with Crippen molar-refractivity contribution in [3.05, 3.63) is 101 Å². The van der Waals surface area contributed by atoms with Gasteiger partial charge < -0.3 is 4.84 Å². The fraction of sp³-hybridized carbons (Fsp3) is 0. The summed E-state index contributed by atoms with van der Waals surface area (Å²) in [6.45, 7) is 0. The van der Waals surface area contributed by atoms with E-state index in [1.165, 1.54) is 12.1 Å². The minimum absolute atomic E-state index is 0.206. The zero-order valence-corrected chi connectivity index (χ0v) is 16.8. The smallest absolute Gasteiger partial charge is 0.323 e. The number of carbonyl (C=O) groups excluding carboxylic acids is 3. The molecule has 0 spiro atoms. The Morgan fingerprint density at radius 1 is 0.742 bits per heavy atom. The molecule has 0 bridgehead atoms. The predicted octanol–water partition coefficient (Wildman–Crippen LogP) is 4.85. The van der Waals surface area contributed by atoms with Gasteiger partial charge in [0.2, 0.25) is 0 Å². The molecule has 2 amide bonds. The average Bonchev–Trinajstić information content (AvgIpc) is 3.37. The van der Waals surface area contributed by atoms with E-state index in [0.29, 0.717) is 15.8 Å². The molecule has 1 aliphatic rings. The Hall–Kier alpha value is -4.10. The second-order valence-electron chi connectivity index (χ2n) is 6.76. The van der Waals surface area contributed by atoms with Crippen LogP contribution >= 0.6 is 11.3 Å². The molecule has 6 nitrogen and oxygen atoms in total. The molecule has 150 valence electrons. The van der Waals surface area contributed by atoms with Crippen LogP contribution in [0.15, 0.2) is 84.9 Å². The number of nitrogens with zero attached hydrogens (tertiary/aromatic N) is 2. The number of carbonyl (C=O) groups is 3. The second kappa shape index (κ2) is 7.62. The number of aromatic nitrogens is 1. The lowest BCUT2D eigenvalue weighted by atomic mass is 10.1. The molecule has 31 heavy (non-hydrogen) atoms. The van der Waals surface area contributed by atoms with Gasteiger partial charge in [0.1, 0.15) is 9.88 Å². The molecule has 0 saturated carbocycles. The van der Waals surface area contributed by atoms with Crippen molar-refractivity contribution in [3.63, 3.8) is 0 Å². The van der Waals surface area contributed by atoms with Crippen LogP contribution < -0.4 is 0 Å². The summed E-state index contributed by atoms with van der Waals surface area (Å²) in [6.07, 6.45) is 0. The average molecular weight is 426 g/mol. The summed E-state index contributed by atoms with van der Waals surface area (Å²) in [5.74, 6) is -2.14. The molecule has 0 aliphatic carbocycles.